The third-order valence-corrected chi connectivity index (χ3v) is 3.92. The van der Waals surface area contributed by atoms with Crippen LogP contribution in [0.1, 0.15) is 41.6 Å². The van der Waals surface area contributed by atoms with Gasteiger partial charge in [-0.25, -0.2) is 4.39 Å². The minimum absolute atomic E-state index is 0.182. The van der Waals surface area contributed by atoms with Crippen LogP contribution in [-0.4, -0.2) is 11.9 Å². The number of aryl methyl sites for hydroxylation is 1. The summed E-state index contributed by atoms with van der Waals surface area (Å²) in [6.45, 7) is 1.87. The van der Waals surface area contributed by atoms with Gasteiger partial charge in [0.1, 0.15) is 5.82 Å². The average Bonchev–Trinajstić information content (AvgIpc) is 3.21. The van der Waals surface area contributed by atoms with E-state index >= 15 is 0 Å². The molecule has 0 unspecified atom stereocenters. The fourth-order valence-corrected chi connectivity index (χ4v) is 2.57. The number of hydrogen-bond donors (Lipinski definition) is 1. The van der Waals surface area contributed by atoms with Crippen LogP contribution >= 0.6 is 0 Å². The van der Waals surface area contributed by atoms with Gasteiger partial charge in [-0.05, 0) is 56.6 Å². The van der Waals surface area contributed by atoms with E-state index in [4.69, 9.17) is 0 Å². The fraction of sp³-hybridized carbons (Fsp3) is 0.533. The molecule has 0 atom stereocenters. The molecule has 0 aliphatic heterocycles. The number of benzene rings is 1. The second kappa shape index (κ2) is 4.38. The number of hydrogen-bond acceptors (Lipinski definition) is 1. The Morgan fingerprint density at radius 3 is 2.44 bits per heavy atom. The smallest absolute Gasteiger partial charge is 0.254 e. The van der Waals surface area contributed by atoms with Crippen LogP contribution in [0.15, 0.2) is 18.2 Å². The molecule has 0 heterocycles. The minimum atomic E-state index is -0.427. The number of halogens is 1. The Labute approximate surface area is 107 Å². The van der Waals surface area contributed by atoms with Gasteiger partial charge in [-0.15, -0.1) is 0 Å². The van der Waals surface area contributed by atoms with Crippen molar-refractivity contribution in [2.45, 2.75) is 38.6 Å². The molecule has 1 amide bonds. The molecule has 2 fully saturated rings. The highest BCUT2D eigenvalue weighted by Gasteiger charge is 2.42. The maximum atomic E-state index is 13.6. The van der Waals surface area contributed by atoms with Gasteiger partial charge in [0.15, 0.2) is 0 Å². The van der Waals surface area contributed by atoms with Crippen molar-refractivity contribution in [3.05, 3.63) is 35.1 Å². The summed E-state index contributed by atoms with van der Waals surface area (Å²) in [5.41, 5.74) is 1.09. The zero-order valence-electron chi connectivity index (χ0n) is 10.6. The van der Waals surface area contributed by atoms with Crippen LogP contribution in [0.4, 0.5) is 4.39 Å². The van der Waals surface area contributed by atoms with E-state index in [1.165, 1.54) is 31.7 Å². The first-order valence-electron chi connectivity index (χ1n) is 6.72. The molecule has 1 aromatic rings. The van der Waals surface area contributed by atoms with E-state index in [1.54, 1.807) is 12.1 Å². The highest BCUT2D eigenvalue weighted by molar-refractivity contribution is 5.94. The van der Waals surface area contributed by atoms with Gasteiger partial charge >= 0.3 is 0 Å². The Hall–Kier alpha value is -1.38. The molecule has 2 aliphatic carbocycles. The van der Waals surface area contributed by atoms with Crippen LogP contribution in [0.5, 0.6) is 0 Å². The van der Waals surface area contributed by atoms with Gasteiger partial charge in [0.05, 0.1) is 5.56 Å². The summed E-state index contributed by atoms with van der Waals surface area (Å²) in [4.78, 5) is 12.1. The van der Waals surface area contributed by atoms with Gasteiger partial charge in [0, 0.05) is 6.04 Å². The van der Waals surface area contributed by atoms with Crippen molar-refractivity contribution in [1.82, 2.24) is 5.32 Å². The molecule has 0 bridgehead atoms. The first kappa shape index (κ1) is 11.7. The minimum Gasteiger partial charge on any atom is -0.349 e. The van der Waals surface area contributed by atoms with E-state index in [0.717, 1.165) is 5.56 Å². The van der Waals surface area contributed by atoms with Crippen LogP contribution in [-0.2, 0) is 0 Å². The molecule has 3 rings (SSSR count). The van der Waals surface area contributed by atoms with Crippen molar-refractivity contribution in [2.24, 2.45) is 11.8 Å². The van der Waals surface area contributed by atoms with Crippen molar-refractivity contribution in [2.75, 3.05) is 0 Å². The summed E-state index contributed by atoms with van der Waals surface area (Å²) in [5.74, 6) is 0.590. The lowest BCUT2D eigenvalue weighted by atomic mass is 10.1. The molecule has 96 valence electrons. The van der Waals surface area contributed by atoms with E-state index in [0.29, 0.717) is 11.8 Å². The lowest BCUT2D eigenvalue weighted by Gasteiger charge is -2.18. The van der Waals surface area contributed by atoms with Crippen molar-refractivity contribution in [3.63, 3.8) is 0 Å². The Balaban J connectivity index is 1.75. The van der Waals surface area contributed by atoms with Crippen LogP contribution in [0.2, 0.25) is 0 Å². The summed E-state index contributed by atoms with van der Waals surface area (Å²) < 4.78 is 13.6. The molecule has 2 nitrogen and oxygen atoms in total. The maximum Gasteiger partial charge on any atom is 0.254 e. The SMILES string of the molecule is Cc1ccc(F)c(C(=O)NC(C2CC2)C2CC2)c1. The Bertz CT molecular complexity index is 465. The second-order valence-corrected chi connectivity index (χ2v) is 5.66. The number of amides is 1. The molecule has 0 saturated heterocycles. The molecular formula is C15H18FNO. The molecule has 0 radical (unpaired) electrons. The normalized spacial score (nSPS) is 19.1. The van der Waals surface area contributed by atoms with Crippen LogP contribution < -0.4 is 5.32 Å². The molecule has 1 N–H and O–H groups in total. The fourth-order valence-electron chi connectivity index (χ4n) is 2.57. The van der Waals surface area contributed by atoms with Crippen LogP contribution in [0.3, 0.4) is 0 Å². The molecule has 0 aromatic heterocycles. The predicted molar refractivity (Wildman–Crippen MR) is 67.8 cm³/mol. The molecule has 1 aromatic carbocycles. The third-order valence-electron chi connectivity index (χ3n) is 3.92. The second-order valence-electron chi connectivity index (χ2n) is 5.66. The lowest BCUT2D eigenvalue weighted by molar-refractivity contribution is 0.0922. The van der Waals surface area contributed by atoms with Gasteiger partial charge in [-0.2, -0.15) is 0 Å². The quantitative estimate of drug-likeness (QED) is 0.870. The first-order valence-corrected chi connectivity index (χ1v) is 6.72. The summed E-state index contributed by atoms with van der Waals surface area (Å²) in [7, 11) is 0. The van der Waals surface area contributed by atoms with Gasteiger partial charge in [0.25, 0.3) is 5.91 Å². The van der Waals surface area contributed by atoms with E-state index in [1.807, 2.05) is 6.92 Å². The maximum absolute atomic E-state index is 13.6. The van der Waals surface area contributed by atoms with E-state index in [2.05, 4.69) is 5.32 Å². The van der Waals surface area contributed by atoms with E-state index in [-0.39, 0.29) is 17.5 Å². The highest BCUT2D eigenvalue weighted by atomic mass is 19.1. The largest absolute Gasteiger partial charge is 0.349 e. The van der Waals surface area contributed by atoms with Gasteiger partial charge in [-0.3, -0.25) is 4.79 Å². The monoisotopic (exact) mass is 247 g/mol. The van der Waals surface area contributed by atoms with Crippen LogP contribution in [0, 0.1) is 24.6 Å². The number of rotatable bonds is 4. The topological polar surface area (TPSA) is 29.1 Å². The number of carbonyl (C=O) groups excluding carboxylic acids is 1. The summed E-state index contributed by atoms with van der Waals surface area (Å²) in [6, 6.07) is 4.96. The molecule has 0 spiro atoms. The molecular weight excluding hydrogens is 229 g/mol. The van der Waals surface area contributed by atoms with Gasteiger partial charge < -0.3 is 5.32 Å². The molecule has 2 saturated carbocycles. The van der Waals surface area contributed by atoms with Crippen molar-refractivity contribution in [3.8, 4) is 0 Å². The zero-order valence-corrected chi connectivity index (χ0v) is 10.6. The van der Waals surface area contributed by atoms with E-state index < -0.39 is 5.82 Å². The Morgan fingerprint density at radius 1 is 1.28 bits per heavy atom. The van der Waals surface area contributed by atoms with Gasteiger partial charge in [-0.1, -0.05) is 11.6 Å². The van der Waals surface area contributed by atoms with E-state index in [9.17, 15) is 9.18 Å². The summed E-state index contributed by atoms with van der Waals surface area (Å²) in [6.07, 6.45) is 4.82. The molecule has 3 heteroatoms. The standard InChI is InChI=1S/C15H18FNO/c1-9-2-7-13(16)12(8-9)15(18)17-14(10-3-4-10)11-5-6-11/h2,7-8,10-11,14H,3-6H2,1H3,(H,17,18). The highest BCUT2D eigenvalue weighted by Crippen LogP contribution is 2.44. The van der Waals surface area contributed by atoms with Crippen molar-refractivity contribution < 1.29 is 9.18 Å². The number of carbonyl (C=O) groups is 1. The van der Waals surface area contributed by atoms with Crippen molar-refractivity contribution >= 4 is 5.91 Å². The first-order chi connectivity index (χ1) is 8.65. The lowest BCUT2D eigenvalue weighted by Crippen LogP contribution is -2.38. The van der Waals surface area contributed by atoms with Crippen molar-refractivity contribution in [1.29, 1.82) is 0 Å². The summed E-state index contributed by atoms with van der Waals surface area (Å²) >= 11 is 0. The Kier molecular flexibility index (Phi) is 2.84. The Morgan fingerprint density at radius 2 is 1.89 bits per heavy atom. The number of nitrogens with one attached hydrogen (secondary N) is 1. The molecule has 2 aliphatic rings. The molecule has 18 heavy (non-hydrogen) atoms. The average molecular weight is 247 g/mol. The third kappa shape index (κ3) is 2.40. The predicted octanol–water partition coefficient (Wildman–Crippen LogP) is 3.05. The summed E-state index contributed by atoms with van der Waals surface area (Å²) in [5, 5.41) is 3.05. The van der Waals surface area contributed by atoms with Crippen LogP contribution in [0.25, 0.3) is 0 Å². The zero-order chi connectivity index (χ0) is 12.7. The van der Waals surface area contributed by atoms with Gasteiger partial charge in [0.2, 0.25) is 0 Å².